The summed E-state index contributed by atoms with van der Waals surface area (Å²) in [7, 11) is 1.66. The van der Waals surface area contributed by atoms with Crippen molar-refractivity contribution in [3.05, 3.63) is 42.2 Å². The Balaban J connectivity index is 2.79. The predicted molar refractivity (Wildman–Crippen MR) is 61.2 cm³/mol. The molecule has 0 aliphatic heterocycles. The van der Waals surface area contributed by atoms with Crippen LogP contribution in [-0.4, -0.2) is 16.7 Å². The fourth-order valence-electron chi connectivity index (χ4n) is 1.20. The number of aromatic nitrogens is 2. The predicted octanol–water partition coefficient (Wildman–Crippen LogP) is 2.62. The highest BCUT2D eigenvalue weighted by Crippen LogP contribution is 2.05. The van der Waals surface area contributed by atoms with E-state index in [4.69, 9.17) is 4.74 Å². The van der Waals surface area contributed by atoms with Crippen LogP contribution in [0.15, 0.2) is 36.4 Å². The van der Waals surface area contributed by atoms with Crippen LogP contribution >= 0.6 is 0 Å². The summed E-state index contributed by atoms with van der Waals surface area (Å²) in [4.78, 5) is 4.21. The Morgan fingerprint density at radius 2 is 2.53 bits per heavy atom. The lowest BCUT2D eigenvalue weighted by molar-refractivity contribution is 0.130. The van der Waals surface area contributed by atoms with Crippen molar-refractivity contribution in [3.63, 3.8) is 0 Å². The lowest BCUT2D eigenvalue weighted by atomic mass is 10.2. The molecule has 0 aromatic carbocycles. The van der Waals surface area contributed by atoms with E-state index in [0.717, 1.165) is 17.8 Å². The number of hydrogen-bond donors (Lipinski definition) is 0. The first-order valence-corrected chi connectivity index (χ1v) is 4.88. The largest absolute Gasteiger partial charge is 0.364 e. The van der Waals surface area contributed by atoms with Crippen molar-refractivity contribution in [2.24, 2.45) is 0 Å². The third kappa shape index (κ3) is 3.24. The minimum atomic E-state index is 0.513. The minimum Gasteiger partial charge on any atom is -0.364 e. The molecule has 80 valence electrons. The molecule has 3 heteroatoms. The molecule has 0 aliphatic rings. The Labute approximate surface area is 90.4 Å². The molecule has 1 aromatic heterocycles. The van der Waals surface area contributed by atoms with Gasteiger partial charge in [-0.25, -0.2) is 4.98 Å². The average Bonchev–Trinajstić information content (AvgIpc) is 2.68. The highest BCUT2D eigenvalue weighted by molar-refractivity contribution is 5.45. The molecule has 0 atom stereocenters. The fraction of sp³-hybridized carbons (Fsp3) is 0.333. The topological polar surface area (TPSA) is 27.1 Å². The van der Waals surface area contributed by atoms with Crippen molar-refractivity contribution in [2.75, 3.05) is 7.11 Å². The molecule has 0 saturated carbocycles. The van der Waals surface area contributed by atoms with Gasteiger partial charge in [0.05, 0.1) is 0 Å². The van der Waals surface area contributed by atoms with Crippen molar-refractivity contribution in [1.82, 2.24) is 9.55 Å². The van der Waals surface area contributed by atoms with Gasteiger partial charge in [0.2, 0.25) is 0 Å². The van der Waals surface area contributed by atoms with E-state index in [1.807, 2.05) is 22.9 Å². The Hall–Kier alpha value is -1.57. The van der Waals surface area contributed by atoms with Crippen LogP contribution < -0.4 is 0 Å². The highest BCUT2D eigenvalue weighted by atomic mass is 16.5. The number of rotatable bonds is 5. The summed E-state index contributed by atoms with van der Waals surface area (Å²) in [5, 5.41) is 0. The number of ether oxygens (including phenoxy) is 1. The number of methoxy groups -OCH3 is 1. The molecule has 0 amide bonds. The Morgan fingerprint density at radius 3 is 3.13 bits per heavy atom. The van der Waals surface area contributed by atoms with Gasteiger partial charge in [0, 0.05) is 19.5 Å². The summed E-state index contributed by atoms with van der Waals surface area (Å²) in [6, 6.07) is 0. The van der Waals surface area contributed by atoms with Crippen LogP contribution in [0.1, 0.15) is 19.2 Å². The van der Waals surface area contributed by atoms with Gasteiger partial charge in [0.15, 0.2) is 0 Å². The zero-order valence-electron chi connectivity index (χ0n) is 9.23. The SMILES string of the molecule is C=C=C(C=Cc1nccn1COC)CC. The molecule has 0 unspecified atom stereocenters. The normalized spacial score (nSPS) is 10.5. The molecule has 0 saturated heterocycles. The van der Waals surface area contributed by atoms with E-state index in [1.54, 1.807) is 13.3 Å². The summed E-state index contributed by atoms with van der Waals surface area (Å²) in [5.41, 5.74) is 3.95. The van der Waals surface area contributed by atoms with Crippen LogP contribution in [-0.2, 0) is 11.5 Å². The summed E-state index contributed by atoms with van der Waals surface area (Å²) in [6.45, 7) is 6.21. The molecule has 1 heterocycles. The van der Waals surface area contributed by atoms with E-state index >= 15 is 0 Å². The zero-order chi connectivity index (χ0) is 11.1. The number of imidazole rings is 1. The second-order valence-electron chi connectivity index (χ2n) is 3.06. The molecule has 0 aliphatic carbocycles. The highest BCUT2D eigenvalue weighted by Gasteiger charge is 1.97. The first kappa shape index (κ1) is 11.5. The van der Waals surface area contributed by atoms with Gasteiger partial charge in [-0.05, 0) is 24.1 Å². The van der Waals surface area contributed by atoms with E-state index in [9.17, 15) is 0 Å². The van der Waals surface area contributed by atoms with Crippen LogP contribution in [0.25, 0.3) is 6.08 Å². The molecule has 15 heavy (non-hydrogen) atoms. The van der Waals surface area contributed by atoms with Crippen LogP contribution in [0, 0.1) is 0 Å². The first-order chi connectivity index (χ1) is 7.31. The smallest absolute Gasteiger partial charge is 0.134 e. The van der Waals surface area contributed by atoms with E-state index in [1.165, 1.54) is 0 Å². The van der Waals surface area contributed by atoms with Crippen molar-refractivity contribution in [2.45, 2.75) is 20.1 Å². The monoisotopic (exact) mass is 204 g/mol. The lowest BCUT2D eigenvalue weighted by Crippen LogP contribution is -2.00. The molecule has 0 fully saturated rings. The summed E-state index contributed by atoms with van der Waals surface area (Å²) >= 11 is 0. The first-order valence-electron chi connectivity index (χ1n) is 4.88. The maximum Gasteiger partial charge on any atom is 0.134 e. The fourth-order valence-corrected chi connectivity index (χ4v) is 1.20. The molecule has 1 aromatic rings. The molecule has 0 spiro atoms. The molecule has 1 rings (SSSR count). The summed E-state index contributed by atoms with van der Waals surface area (Å²) in [6.07, 6.45) is 8.47. The second kappa shape index (κ2) is 6.02. The number of nitrogens with zero attached hydrogens (tertiary/aromatic N) is 2. The van der Waals surface area contributed by atoms with Crippen molar-refractivity contribution >= 4 is 6.08 Å². The molecule has 0 N–H and O–H groups in total. The van der Waals surface area contributed by atoms with Crippen molar-refractivity contribution in [1.29, 1.82) is 0 Å². The maximum atomic E-state index is 5.04. The van der Waals surface area contributed by atoms with Crippen LogP contribution in [0.5, 0.6) is 0 Å². The van der Waals surface area contributed by atoms with Crippen LogP contribution in [0.3, 0.4) is 0 Å². The van der Waals surface area contributed by atoms with Gasteiger partial charge in [-0.3, -0.25) is 0 Å². The minimum absolute atomic E-state index is 0.513. The Bertz CT molecular complexity index is 384. The van der Waals surface area contributed by atoms with Crippen LogP contribution in [0.2, 0.25) is 0 Å². The summed E-state index contributed by atoms with van der Waals surface area (Å²) in [5.74, 6) is 0.873. The van der Waals surface area contributed by atoms with Crippen molar-refractivity contribution in [3.8, 4) is 0 Å². The van der Waals surface area contributed by atoms with Gasteiger partial charge in [-0.15, -0.1) is 5.73 Å². The lowest BCUT2D eigenvalue weighted by Gasteiger charge is -2.02. The Kier molecular flexibility index (Phi) is 4.61. The van der Waals surface area contributed by atoms with Gasteiger partial charge < -0.3 is 9.30 Å². The molecule has 3 nitrogen and oxygen atoms in total. The Morgan fingerprint density at radius 1 is 1.73 bits per heavy atom. The number of allylic oxidation sites excluding steroid dienone is 2. The average molecular weight is 204 g/mol. The maximum absolute atomic E-state index is 5.04. The zero-order valence-corrected chi connectivity index (χ0v) is 9.23. The van der Waals surface area contributed by atoms with Gasteiger partial charge in [0.25, 0.3) is 0 Å². The second-order valence-corrected chi connectivity index (χ2v) is 3.06. The molecular weight excluding hydrogens is 188 g/mol. The molecular formula is C12H16N2O. The van der Waals surface area contributed by atoms with Gasteiger partial charge in [0.1, 0.15) is 12.6 Å². The summed E-state index contributed by atoms with van der Waals surface area (Å²) < 4.78 is 6.96. The van der Waals surface area contributed by atoms with E-state index in [-0.39, 0.29) is 0 Å². The number of hydrogen-bond acceptors (Lipinski definition) is 2. The van der Waals surface area contributed by atoms with Crippen LogP contribution in [0.4, 0.5) is 0 Å². The quantitative estimate of drug-likeness (QED) is 0.544. The van der Waals surface area contributed by atoms with Crippen molar-refractivity contribution < 1.29 is 4.74 Å². The van der Waals surface area contributed by atoms with E-state index in [2.05, 4.69) is 24.2 Å². The molecule has 0 radical (unpaired) electrons. The third-order valence-corrected chi connectivity index (χ3v) is 2.06. The van der Waals surface area contributed by atoms with E-state index in [0.29, 0.717) is 6.73 Å². The molecule has 0 bridgehead atoms. The third-order valence-electron chi connectivity index (χ3n) is 2.06. The standard InChI is InChI=1S/C12H16N2O/c1-4-11(5-2)6-7-12-13-8-9-14(12)10-15-3/h6-9H,1,5,10H2,2-3H3. The van der Waals surface area contributed by atoms with E-state index < -0.39 is 0 Å². The van der Waals surface area contributed by atoms with Gasteiger partial charge in [-0.2, -0.15) is 0 Å². The van der Waals surface area contributed by atoms with Gasteiger partial charge >= 0.3 is 0 Å². The van der Waals surface area contributed by atoms with Gasteiger partial charge in [-0.1, -0.05) is 13.5 Å².